The second-order valence-electron chi connectivity index (χ2n) is 4.23. The van der Waals surface area contributed by atoms with Crippen LogP contribution in [0.2, 0.25) is 0 Å². The van der Waals surface area contributed by atoms with Crippen molar-refractivity contribution < 1.29 is 13.9 Å². The molecule has 0 aliphatic carbocycles. The summed E-state index contributed by atoms with van der Waals surface area (Å²) in [6.07, 6.45) is 4.70. The fourth-order valence-corrected chi connectivity index (χ4v) is 2.43. The van der Waals surface area contributed by atoms with Crippen molar-refractivity contribution in [2.75, 3.05) is 13.2 Å². The lowest BCUT2D eigenvalue weighted by molar-refractivity contribution is 0.0981. The van der Waals surface area contributed by atoms with E-state index in [-0.39, 0.29) is 5.82 Å². The smallest absolute Gasteiger partial charge is 0.128 e. The van der Waals surface area contributed by atoms with Crippen molar-refractivity contribution in [1.29, 1.82) is 0 Å². The number of hydrogen-bond donors (Lipinski definition) is 0. The van der Waals surface area contributed by atoms with Crippen molar-refractivity contribution in [3.63, 3.8) is 0 Å². The molecule has 1 aliphatic heterocycles. The molecule has 0 amide bonds. The van der Waals surface area contributed by atoms with Crippen molar-refractivity contribution in [2.45, 2.75) is 31.8 Å². The molecule has 4 heteroatoms. The van der Waals surface area contributed by atoms with Gasteiger partial charge in [-0.15, -0.1) is 0 Å². The Bertz CT molecular complexity index is 344. The summed E-state index contributed by atoms with van der Waals surface area (Å²) in [6.45, 7) is 1.50. The maximum absolute atomic E-state index is 13.1. The van der Waals surface area contributed by atoms with Crippen LogP contribution in [-0.4, -0.2) is 19.3 Å². The van der Waals surface area contributed by atoms with E-state index < -0.39 is 0 Å². The van der Waals surface area contributed by atoms with E-state index in [9.17, 15) is 4.39 Å². The van der Waals surface area contributed by atoms with Gasteiger partial charge in [0.05, 0.1) is 12.7 Å². The highest BCUT2D eigenvalue weighted by Gasteiger charge is 2.14. The fraction of sp³-hybridized carbons (Fsp3) is 0.538. The SMILES string of the molecule is Fc1cc(Br)cc(OCCCC2CCCO2)c1. The van der Waals surface area contributed by atoms with Gasteiger partial charge in [-0.2, -0.15) is 0 Å². The van der Waals surface area contributed by atoms with Crippen LogP contribution in [0.25, 0.3) is 0 Å². The number of ether oxygens (including phenoxy) is 2. The van der Waals surface area contributed by atoms with E-state index in [0.29, 0.717) is 22.9 Å². The summed E-state index contributed by atoms with van der Waals surface area (Å²) in [7, 11) is 0. The van der Waals surface area contributed by atoms with Crippen LogP contribution in [0.5, 0.6) is 5.75 Å². The van der Waals surface area contributed by atoms with Crippen molar-refractivity contribution in [1.82, 2.24) is 0 Å². The molecular weight excluding hydrogens is 287 g/mol. The first-order valence-corrected chi connectivity index (χ1v) is 6.74. The molecule has 2 nitrogen and oxygen atoms in total. The molecule has 1 fully saturated rings. The van der Waals surface area contributed by atoms with Gasteiger partial charge in [0.1, 0.15) is 11.6 Å². The molecule has 0 saturated carbocycles. The maximum atomic E-state index is 13.1. The molecular formula is C13H16BrFO2. The monoisotopic (exact) mass is 302 g/mol. The first-order chi connectivity index (χ1) is 8.24. The predicted octanol–water partition coefficient (Wildman–Crippen LogP) is 3.93. The van der Waals surface area contributed by atoms with Crippen LogP contribution in [0, 0.1) is 5.82 Å². The Balaban J connectivity index is 1.70. The Labute approximate surface area is 109 Å². The number of benzene rings is 1. The third kappa shape index (κ3) is 4.28. The predicted molar refractivity (Wildman–Crippen MR) is 67.8 cm³/mol. The first-order valence-electron chi connectivity index (χ1n) is 5.94. The van der Waals surface area contributed by atoms with Gasteiger partial charge in [0.2, 0.25) is 0 Å². The molecule has 1 aliphatic rings. The summed E-state index contributed by atoms with van der Waals surface area (Å²) in [5, 5.41) is 0. The molecule has 17 heavy (non-hydrogen) atoms. The number of rotatable bonds is 5. The van der Waals surface area contributed by atoms with Crippen LogP contribution < -0.4 is 4.74 Å². The van der Waals surface area contributed by atoms with Crippen LogP contribution in [0.1, 0.15) is 25.7 Å². The van der Waals surface area contributed by atoms with Crippen LogP contribution in [0.4, 0.5) is 4.39 Å². The second-order valence-corrected chi connectivity index (χ2v) is 5.15. The van der Waals surface area contributed by atoms with Crippen LogP contribution in [0.3, 0.4) is 0 Å². The second kappa shape index (κ2) is 6.36. The van der Waals surface area contributed by atoms with Crippen LogP contribution in [0.15, 0.2) is 22.7 Å². The lowest BCUT2D eigenvalue weighted by Crippen LogP contribution is -2.07. The molecule has 1 unspecified atom stereocenters. The highest BCUT2D eigenvalue weighted by atomic mass is 79.9. The van der Waals surface area contributed by atoms with Crippen molar-refractivity contribution >= 4 is 15.9 Å². The Morgan fingerprint density at radius 1 is 1.41 bits per heavy atom. The van der Waals surface area contributed by atoms with Gasteiger partial charge in [-0.05, 0) is 37.8 Å². The molecule has 0 radical (unpaired) electrons. The number of halogens is 2. The van der Waals surface area contributed by atoms with Gasteiger partial charge in [0.15, 0.2) is 0 Å². The molecule has 1 aromatic rings. The normalized spacial score (nSPS) is 19.5. The fourth-order valence-electron chi connectivity index (χ4n) is 1.98. The van der Waals surface area contributed by atoms with Gasteiger partial charge >= 0.3 is 0 Å². The number of hydrogen-bond acceptors (Lipinski definition) is 2. The maximum Gasteiger partial charge on any atom is 0.128 e. The van der Waals surface area contributed by atoms with Crippen LogP contribution >= 0.6 is 15.9 Å². The molecule has 1 heterocycles. The molecule has 0 bridgehead atoms. The highest BCUT2D eigenvalue weighted by Crippen LogP contribution is 2.21. The summed E-state index contributed by atoms with van der Waals surface area (Å²) in [5.74, 6) is 0.290. The van der Waals surface area contributed by atoms with Gasteiger partial charge in [0, 0.05) is 17.1 Å². The van der Waals surface area contributed by atoms with Crippen molar-refractivity contribution in [2.24, 2.45) is 0 Å². The van der Waals surface area contributed by atoms with Crippen LogP contribution in [-0.2, 0) is 4.74 Å². The molecule has 1 aromatic carbocycles. The average Bonchev–Trinajstić information content (AvgIpc) is 2.76. The molecule has 0 spiro atoms. The Hall–Kier alpha value is -0.610. The highest BCUT2D eigenvalue weighted by molar-refractivity contribution is 9.10. The zero-order valence-electron chi connectivity index (χ0n) is 9.62. The summed E-state index contributed by atoms with van der Waals surface area (Å²) in [6, 6.07) is 4.59. The zero-order valence-corrected chi connectivity index (χ0v) is 11.2. The van der Waals surface area contributed by atoms with Gasteiger partial charge in [0.25, 0.3) is 0 Å². The van der Waals surface area contributed by atoms with Crippen molar-refractivity contribution in [3.8, 4) is 5.75 Å². The Kier molecular flexibility index (Phi) is 4.80. The summed E-state index contributed by atoms with van der Waals surface area (Å²) < 4.78 is 24.8. The quantitative estimate of drug-likeness (QED) is 0.767. The third-order valence-electron chi connectivity index (χ3n) is 2.80. The lowest BCUT2D eigenvalue weighted by Gasteiger charge is -2.10. The minimum absolute atomic E-state index is 0.284. The van der Waals surface area contributed by atoms with Gasteiger partial charge < -0.3 is 9.47 Å². The van der Waals surface area contributed by atoms with E-state index in [1.807, 2.05) is 0 Å². The van der Waals surface area contributed by atoms with Gasteiger partial charge in [-0.3, -0.25) is 0 Å². The molecule has 2 rings (SSSR count). The standard InChI is InChI=1S/C13H16BrFO2/c14-10-7-11(15)9-13(8-10)17-6-2-4-12-3-1-5-16-12/h7-9,12H,1-6H2. The Morgan fingerprint density at radius 3 is 3.00 bits per heavy atom. The molecule has 94 valence electrons. The van der Waals surface area contributed by atoms with Gasteiger partial charge in [-0.1, -0.05) is 15.9 Å². The summed E-state index contributed by atoms with van der Waals surface area (Å²) in [5.41, 5.74) is 0. The minimum Gasteiger partial charge on any atom is -0.493 e. The Morgan fingerprint density at radius 2 is 2.29 bits per heavy atom. The average molecular weight is 303 g/mol. The van der Waals surface area contributed by atoms with E-state index in [2.05, 4.69) is 15.9 Å². The van der Waals surface area contributed by atoms with E-state index in [4.69, 9.17) is 9.47 Å². The third-order valence-corrected chi connectivity index (χ3v) is 3.26. The van der Waals surface area contributed by atoms with E-state index in [1.165, 1.54) is 18.6 Å². The van der Waals surface area contributed by atoms with Crippen molar-refractivity contribution in [3.05, 3.63) is 28.5 Å². The topological polar surface area (TPSA) is 18.5 Å². The lowest BCUT2D eigenvalue weighted by atomic mass is 10.1. The molecule has 0 aromatic heterocycles. The van der Waals surface area contributed by atoms with E-state index in [1.54, 1.807) is 6.07 Å². The largest absolute Gasteiger partial charge is 0.493 e. The minimum atomic E-state index is -0.284. The summed E-state index contributed by atoms with van der Waals surface area (Å²) >= 11 is 3.24. The van der Waals surface area contributed by atoms with Gasteiger partial charge in [-0.25, -0.2) is 4.39 Å². The molecule has 0 N–H and O–H groups in total. The van der Waals surface area contributed by atoms with E-state index >= 15 is 0 Å². The zero-order chi connectivity index (χ0) is 12.1. The van der Waals surface area contributed by atoms with E-state index in [0.717, 1.165) is 25.9 Å². The first kappa shape index (κ1) is 12.8. The molecule has 1 atom stereocenters. The summed E-state index contributed by atoms with van der Waals surface area (Å²) in [4.78, 5) is 0. The molecule has 1 saturated heterocycles.